The van der Waals surface area contributed by atoms with Gasteiger partial charge >= 0.3 is 0 Å². The Bertz CT molecular complexity index is 767. The first kappa shape index (κ1) is 16.2. The topological polar surface area (TPSA) is 64.4 Å². The molecule has 6 nitrogen and oxygen atoms in total. The van der Waals surface area contributed by atoms with Crippen molar-refractivity contribution < 1.29 is 9.53 Å². The predicted molar refractivity (Wildman–Crippen MR) is 89.8 cm³/mol. The lowest BCUT2D eigenvalue weighted by Gasteiger charge is -2.40. The standard InChI is InChI=1S/C18H21N3O3/c1-13-8-9-17(22)21(19-13)12-15-10-20(11-15)18(23)14(2)24-16-6-4-3-5-7-16/h3-9,14-15H,10-12H2,1-2H3. The summed E-state index contributed by atoms with van der Waals surface area (Å²) in [6.45, 7) is 5.41. The molecule has 1 saturated heterocycles. The van der Waals surface area contributed by atoms with Gasteiger partial charge in [0.2, 0.25) is 0 Å². The fourth-order valence-corrected chi connectivity index (χ4v) is 2.80. The van der Waals surface area contributed by atoms with E-state index in [9.17, 15) is 9.59 Å². The van der Waals surface area contributed by atoms with Crippen molar-refractivity contribution in [2.45, 2.75) is 26.5 Å². The number of carbonyl (C=O) groups is 1. The van der Waals surface area contributed by atoms with Crippen molar-refractivity contribution in [2.75, 3.05) is 13.1 Å². The maximum Gasteiger partial charge on any atom is 0.266 e. The number of hydrogen-bond donors (Lipinski definition) is 0. The Labute approximate surface area is 140 Å². The van der Waals surface area contributed by atoms with Crippen molar-refractivity contribution in [2.24, 2.45) is 5.92 Å². The molecule has 0 aliphatic carbocycles. The van der Waals surface area contributed by atoms with Gasteiger partial charge in [-0.25, -0.2) is 4.68 Å². The van der Waals surface area contributed by atoms with Gasteiger partial charge in [-0.15, -0.1) is 0 Å². The van der Waals surface area contributed by atoms with E-state index in [0.29, 0.717) is 25.4 Å². The highest BCUT2D eigenvalue weighted by Crippen LogP contribution is 2.20. The van der Waals surface area contributed by atoms with Gasteiger partial charge in [0.15, 0.2) is 6.10 Å². The second-order valence-corrected chi connectivity index (χ2v) is 6.18. The second-order valence-electron chi connectivity index (χ2n) is 6.18. The monoisotopic (exact) mass is 327 g/mol. The third-order valence-corrected chi connectivity index (χ3v) is 4.10. The Balaban J connectivity index is 1.51. The van der Waals surface area contributed by atoms with Crippen LogP contribution >= 0.6 is 0 Å². The molecule has 1 atom stereocenters. The molecule has 2 aromatic rings. The Morgan fingerprint density at radius 1 is 1.25 bits per heavy atom. The first-order valence-corrected chi connectivity index (χ1v) is 8.08. The molecule has 0 bridgehead atoms. The highest BCUT2D eigenvalue weighted by molar-refractivity contribution is 5.81. The van der Waals surface area contributed by atoms with Gasteiger partial charge in [0, 0.05) is 25.1 Å². The minimum atomic E-state index is -0.520. The van der Waals surface area contributed by atoms with Crippen molar-refractivity contribution in [1.29, 1.82) is 0 Å². The van der Waals surface area contributed by atoms with Crippen molar-refractivity contribution >= 4 is 5.91 Å². The number of nitrogens with zero attached hydrogens (tertiary/aromatic N) is 3. The number of likely N-dealkylation sites (tertiary alicyclic amines) is 1. The number of para-hydroxylation sites is 1. The van der Waals surface area contributed by atoms with Crippen LogP contribution in [0.4, 0.5) is 0 Å². The van der Waals surface area contributed by atoms with Gasteiger partial charge in [0.05, 0.1) is 12.2 Å². The van der Waals surface area contributed by atoms with Crippen molar-refractivity contribution in [3.8, 4) is 5.75 Å². The largest absolute Gasteiger partial charge is 0.481 e. The minimum absolute atomic E-state index is 0.0281. The Morgan fingerprint density at radius 2 is 1.96 bits per heavy atom. The maximum atomic E-state index is 12.4. The maximum absolute atomic E-state index is 12.4. The molecule has 24 heavy (non-hydrogen) atoms. The fraction of sp³-hybridized carbons (Fsp3) is 0.389. The summed E-state index contributed by atoms with van der Waals surface area (Å²) in [5.74, 6) is 0.912. The zero-order chi connectivity index (χ0) is 17.1. The highest BCUT2D eigenvalue weighted by atomic mass is 16.5. The molecule has 3 rings (SSSR count). The third kappa shape index (κ3) is 3.64. The normalized spacial score (nSPS) is 15.7. The van der Waals surface area contributed by atoms with E-state index in [1.54, 1.807) is 17.9 Å². The van der Waals surface area contributed by atoms with Crippen LogP contribution in [-0.4, -0.2) is 39.8 Å². The number of benzene rings is 1. The molecule has 0 radical (unpaired) electrons. The van der Waals surface area contributed by atoms with Crippen LogP contribution < -0.4 is 10.3 Å². The van der Waals surface area contributed by atoms with Crippen LogP contribution in [0.2, 0.25) is 0 Å². The number of hydrogen-bond acceptors (Lipinski definition) is 4. The molecular weight excluding hydrogens is 306 g/mol. The van der Waals surface area contributed by atoms with E-state index >= 15 is 0 Å². The SMILES string of the molecule is Cc1ccc(=O)n(CC2CN(C(=O)C(C)Oc3ccccc3)C2)n1. The summed E-state index contributed by atoms with van der Waals surface area (Å²) in [6, 6.07) is 12.5. The quantitative estimate of drug-likeness (QED) is 0.834. The van der Waals surface area contributed by atoms with E-state index in [-0.39, 0.29) is 17.4 Å². The number of rotatable bonds is 5. The molecule has 126 valence electrons. The summed E-state index contributed by atoms with van der Waals surface area (Å²) < 4.78 is 7.14. The number of amides is 1. The zero-order valence-corrected chi connectivity index (χ0v) is 13.9. The fourth-order valence-electron chi connectivity index (χ4n) is 2.80. The van der Waals surface area contributed by atoms with Crippen LogP contribution in [0.1, 0.15) is 12.6 Å². The predicted octanol–water partition coefficient (Wildman–Crippen LogP) is 1.48. The average Bonchev–Trinajstić information content (AvgIpc) is 2.54. The van der Waals surface area contributed by atoms with Crippen LogP contribution in [0.3, 0.4) is 0 Å². The van der Waals surface area contributed by atoms with Gasteiger partial charge in [-0.2, -0.15) is 5.10 Å². The molecular formula is C18H21N3O3. The molecule has 2 heterocycles. The summed E-state index contributed by atoms with van der Waals surface area (Å²) in [6.07, 6.45) is -0.520. The van der Waals surface area contributed by atoms with E-state index in [1.165, 1.54) is 10.7 Å². The molecule has 0 N–H and O–H groups in total. The molecule has 1 aliphatic rings. The van der Waals surface area contributed by atoms with Crippen LogP contribution in [0, 0.1) is 12.8 Å². The summed E-state index contributed by atoms with van der Waals surface area (Å²) in [5, 5.41) is 4.23. The van der Waals surface area contributed by atoms with Crippen molar-refractivity contribution in [1.82, 2.24) is 14.7 Å². The second kappa shape index (κ2) is 6.86. The molecule has 1 fully saturated rings. The van der Waals surface area contributed by atoms with Crippen LogP contribution in [0.25, 0.3) is 0 Å². The Hall–Kier alpha value is -2.63. The number of ether oxygens (including phenoxy) is 1. The van der Waals surface area contributed by atoms with Gasteiger partial charge in [0.25, 0.3) is 11.5 Å². The van der Waals surface area contributed by atoms with Gasteiger partial charge in [-0.3, -0.25) is 9.59 Å². The molecule has 0 saturated carbocycles. The van der Waals surface area contributed by atoms with Crippen LogP contribution in [0.5, 0.6) is 5.75 Å². The molecule has 1 amide bonds. The molecule has 1 aromatic heterocycles. The Kier molecular flexibility index (Phi) is 4.64. The number of carbonyl (C=O) groups excluding carboxylic acids is 1. The zero-order valence-electron chi connectivity index (χ0n) is 13.9. The van der Waals surface area contributed by atoms with E-state index in [1.807, 2.05) is 37.3 Å². The highest BCUT2D eigenvalue weighted by Gasteiger charge is 2.34. The van der Waals surface area contributed by atoms with Gasteiger partial charge in [0.1, 0.15) is 5.75 Å². The van der Waals surface area contributed by atoms with Crippen molar-refractivity contribution in [3.63, 3.8) is 0 Å². The van der Waals surface area contributed by atoms with Crippen molar-refractivity contribution in [3.05, 3.63) is 58.5 Å². The molecule has 1 aliphatic heterocycles. The van der Waals surface area contributed by atoms with Gasteiger partial charge in [-0.05, 0) is 32.0 Å². The smallest absolute Gasteiger partial charge is 0.266 e. The van der Waals surface area contributed by atoms with Gasteiger partial charge < -0.3 is 9.64 Å². The molecule has 0 spiro atoms. The van der Waals surface area contributed by atoms with Crippen LogP contribution in [0.15, 0.2) is 47.3 Å². The number of aryl methyl sites for hydroxylation is 1. The molecule has 1 aromatic carbocycles. The Morgan fingerprint density at radius 3 is 2.67 bits per heavy atom. The first-order chi connectivity index (χ1) is 11.5. The molecule has 1 unspecified atom stereocenters. The van der Waals surface area contributed by atoms with Gasteiger partial charge in [-0.1, -0.05) is 18.2 Å². The van der Waals surface area contributed by atoms with E-state index in [0.717, 1.165) is 5.69 Å². The summed E-state index contributed by atoms with van der Waals surface area (Å²) in [7, 11) is 0. The third-order valence-electron chi connectivity index (χ3n) is 4.10. The van der Waals surface area contributed by atoms with E-state index < -0.39 is 6.10 Å². The number of aromatic nitrogens is 2. The lowest BCUT2D eigenvalue weighted by molar-refractivity contribution is -0.144. The summed E-state index contributed by atoms with van der Waals surface area (Å²) in [4.78, 5) is 25.9. The summed E-state index contributed by atoms with van der Waals surface area (Å²) >= 11 is 0. The average molecular weight is 327 g/mol. The minimum Gasteiger partial charge on any atom is -0.481 e. The lowest BCUT2D eigenvalue weighted by Crippen LogP contribution is -2.55. The lowest BCUT2D eigenvalue weighted by atomic mass is 9.99. The van der Waals surface area contributed by atoms with E-state index in [2.05, 4.69) is 5.10 Å². The molecule has 6 heteroatoms. The van der Waals surface area contributed by atoms with E-state index in [4.69, 9.17) is 4.74 Å². The van der Waals surface area contributed by atoms with Crippen LogP contribution in [-0.2, 0) is 11.3 Å². The first-order valence-electron chi connectivity index (χ1n) is 8.08. The summed E-state index contributed by atoms with van der Waals surface area (Å²) in [5.41, 5.74) is 0.706.